The Kier molecular flexibility index (Phi) is 11.8. The predicted molar refractivity (Wildman–Crippen MR) is 191 cm³/mol. The van der Waals surface area contributed by atoms with Crippen molar-refractivity contribution >= 4 is 39.2 Å². The average Bonchev–Trinajstić information content (AvgIpc) is 3.95. The normalized spacial score (nSPS) is 18.5. The van der Waals surface area contributed by atoms with E-state index in [0.717, 1.165) is 42.0 Å². The van der Waals surface area contributed by atoms with Gasteiger partial charge in [-0.3, -0.25) is 14.4 Å². The lowest BCUT2D eigenvalue weighted by molar-refractivity contribution is -0.134. The van der Waals surface area contributed by atoms with E-state index in [-0.39, 0.29) is 61.1 Å². The number of nitrogens with one attached hydrogen (secondary N) is 1. The fourth-order valence-corrected chi connectivity index (χ4v) is 7.40. The van der Waals surface area contributed by atoms with E-state index in [1.54, 1.807) is 21.9 Å². The van der Waals surface area contributed by atoms with Crippen LogP contribution in [0.15, 0.2) is 70.7 Å². The number of rotatable bonds is 15. The zero-order valence-corrected chi connectivity index (χ0v) is 29.9. The summed E-state index contributed by atoms with van der Waals surface area (Å²) in [6.07, 6.45) is 4.52. The molecule has 3 aromatic rings. The Labute approximate surface area is 304 Å². The minimum absolute atomic E-state index is 0.00770. The van der Waals surface area contributed by atoms with Crippen LogP contribution in [0, 0.1) is 17.5 Å². The van der Waals surface area contributed by atoms with Gasteiger partial charge in [-0.05, 0) is 101 Å². The second-order valence-electron chi connectivity index (χ2n) is 13.5. The number of fused-ring (bicyclic) bond motifs is 2. The van der Waals surface area contributed by atoms with Crippen molar-refractivity contribution in [3.63, 3.8) is 0 Å². The molecular formula is C39H42BrF3N4O4. The van der Waals surface area contributed by atoms with Gasteiger partial charge in [0.25, 0.3) is 5.91 Å². The van der Waals surface area contributed by atoms with Crippen molar-refractivity contribution in [2.45, 2.75) is 75.9 Å². The Morgan fingerprint density at radius 3 is 2.49 bits per heavy atom. The molecule has 1 aliphatic carbocycles. The van der Waals surface area contributed by atoms with Crippen molar-refractivity contribution in [3.8, 4) is 5.75 Å². The van der Waals surface area contributed by atoms with Crippen molar-refractivity contribution in [1.29, 1.82) is 0 Å². The van der Waals surface area contributed by atoms with E-state index >= 15 is 0 Å². The van der Waals surface area contributed by atoms with Gasteiger partial charge >= 0.3 is 0 Å². The summed E-state index contributed by atoms with van der Waals surface area (Å²) in [6, 6.07) is 16.1. The number of hydrogen-bond donors (Lipinski definition) is 2. The highest BCUT2D eigenvalue weighted by Crippen LogP contribution is 2.37. The minimum atomic E-state index is -0.914. The lowest BCUT2D eigenvalue weighted by atomic mass is 9.82. The predicted octanol–water partition coefficient (Wildman–Crippen LogP) is 6.09. The first-order valence-electron chi connectivity index (χ1n) is 17.5. The number of nitrogens with two attached hydrogens (primary N) is 1. The summed E-state index contributed by atoms with van der Waals surface area (Å²) in [5.41, 5.74) is 9.03. The fraction of sp³-hybridized carbons (Fsp3) is 0.410. The van der Waals surface area contributed by atoms with Crippen LogP contribution in [0.4, 0.5) is 13.2 Å². The largest absolute Gasteiger partial charge is 0.492 e. The average molecular weight is 768 g/mol. The zero-order chi connectivity index (χ0) is 36.1. The summed E-state index contributed by atoms with van der Waals surface area (Å²) in [6.45, 7) is 1.42. The van der Waals surface area contributed by atoms with Crippen molar-refractivity contribution in [2.24, 2.45) is 5.73 Å². The van der Waals surface area contributed by atoms with Crippen molar-refractivity contribution in [3.05, 3.63) is 105 Å². The number of benzene rings is 3. The molecule has 1 saturated heterocycles. The lowest BCUT2D eigenvalue weighted by Gasteiger charge is -2.45. The quantitative estimate of drug-likeness (QED) is 0.182. The molecule has 2 aliphatic heterocycles. The number of primary amides is 1. The third-order valence-electron chi connectivity index (χ3n) is 9.77. The zero-order valence-electron chi connectivity index (χ0n) is 28.3. The number of piperazine rings is 1. The molecule has 3 aromatic carbocycles. The van der Waals surface area contributed by atoms with Crippen molar-refractivity contribution in [2.75, 3.05) is 26.2 Å². The maximum Gasteiger partial charge on any atom is 0.252 e. The van der Waals surface area contributed by atoms with Crippen LogP contribution < -0.4 is 15.8 Å². The lowest BCUT2D eigenvalue weighted by Crippen LogP contribution is -2.62. The van der Waals surface area contributed by atoms with E-state index in [9.17, 15) is 27.6 Å². The summed E-state index contributed by atoms with van der Waals surface area (Å²) in [4.78, 5) is 42.7. The van der Waals surface area contributed by atoms with Gasteiger partial charge in [0.15, 0.2) is 11.6 Å². The molecule has 2 fully saturated rings. The number of halogens is 4. The topological polar surface area (TPSA) is 105 Å². The Morgan fingerprint density at radius 1 is 0.961 bits per heavy atom. The van der Waals surface area contributed by atoms with Gasteiger partial charge in [0.05, 0.1) is 17.1 Å². The molecule has 0 radical (unpaired) electrons. The summed E-state index contributed by atoms with van der Waals surface area (Å²) in [5, 5.41) is 3.59. The van der Waals surface area contributed by atoms with Crippen molar-refractivity contribution < 1.29 is 32.3 Å². The molecule has 0 aromatic heterocycles. The molecule has 51 heavy (non-hydrogen) atoms. The van der Waals surface area contributed by atoms with Crippen LogP contribution in [0.3, 0.4) is 0 Å². The molecular weight excluding hydrogens is 725 g/mol. The van der Waals surface area contributed by atoms with E-state index in [0.29, 0.717) is 54.8 Å². The smallest absolute Gasteiger partial charge is 0.252 e. The first-order valence-corrected chi connectivity index (χ1v) is 18.3. The van der Waals surface area contributed by atoms with Crippen molar-refractivity contribution in [1.82, 2.24) is 15.1 Å². The van der Waals surface area contributed by atoms with Gasteiger partial charge < -0.3 is 25.6 Å². The molecule has 2 bridgehead atoms. The Morgan fingerprint density at radius 2 is 1.75 bits per heavy atom. The monoisotopic (exact) mass is 766 g/mol. The molecule has 2 heterocycles. The van der Waals surface area contributed by atoms with Crippen LogP contribution in [-0.2, 0) is 27.2 Å². The van der Waals surface area contributed by atoms with Gasteiger partial charge in [0.2, 0.25) is 11.8 Å². The van der Waals surface area contributed by atoms with Gasteiger partial charge in [-0.25, -0.2) is 13.2 Å². The van der Waals surface area contributed by atoms with Crippen LogP contribution in [0.1, 0.15) is 61.6 Å². The molecule has 3 amide bonds. The van der Waals surface area contributed by atoms with E-state index in [1.807, 2.05) is 24.3 Å². The second-order valence-corrected chi connectivity index (χ2v) is 14.4. The Balaban J connectivity index is 1.22. The first-order chi connectivity index (χ1) is 24.6. The van der Waals surface area contributed by atoms with Gasteiger partial charge in [-0.1, -0.05) is 36.4 Å². The second kappa shape index (κ2) is 16.5. The van der Waals surface area contributed by atoms with E-state index in [2.05, 4.69) is 21.2 Å². The SMILES string of the molecule is NC(=O)CCCC(=O)N1CC2CC(c3ccc(CCCOc4cc(F)ccc4Br)cc3)=C(C(=O)N(CCc3cccc(F)c3F)C3CC3)C(C1)N2. The summed E-state index contributed by atoms with van der Waals surface area (Å²) in [7, 11) is 0. The number of carbonyl (C=O) groups is 3. The standard InChI is InChI=1S/C39H42BrF3N4O4/c40-31-16-13-27(41)20-34(31)51-19-3-4-24-9-11-25(12-10-24)30-21-28-22-46(36(49)8-2-7-35(44)48)23-33(45-28)37(30)39(50)47(29-14-15-29)18-17-26-5-1-6-32(42)38(26)43/h1,5-6,9-13,16,20,28-29,33,45H,2-4,7-8,14-15,17-19,21-23H2,(H2,44,48). The molecule has 1 saturated carbocycles. The van der Waals surface area contributed by atoms with Crippen LogP contribution in [0.5, 0.6) is 5.75 Å². The van der Waals surface area contributed by atoms with E-state index in [4.69, 9.17) is 10.5 Å². The third kappa shape index (κ3) is 9.20. The molecule has 12 heteroatoms. The molecule has 6 rings (SSSR count). The molecule has 270 valence electrons. The number of carbonyl (C=O) groups excluding carboxylic acids is 3. The molecule has 2 unspecified atom stereocenters. The molecule has 3 aliphatic rings. The van der Waals surface area contributed by atoms with E-state index < -0.39 is 23.6 Å². The van der Waals surface area contributed by atoms with Crippen LogP contribution in [0.2, 0.25) is 0 Å². The highest BCUT2D eigenvalue weighted by molar-refractivity contribution is 9.10. The maximum atomic E-state index is 14.6. The van der Waals surface area contributed by atoms with Crippen LogP contribution in [0.25, 0.3) is 5.57 Å². The summed E-state index contributed by atoms with van der Waals surface area (Å²) in [5.74, 6) is -2.40. The molecule has 0 spiro atoms. The van der Waals surface area contributed by atoms with Gasteiger partial charge in [-0.2, -0.15) is 0 Å². The molecule has 2 atom stereocenters. The Hall–Kier alpha value is -4.16. The van der Waals surface area contributed by atoms with Gasteiger partial charge in [0.1, 0.15) is 11.6 Å². The number of nitrogens with zero attached hydrogens (tertiary/aromatic N) is 2. The maximum absolute atomic E-state index is 14.6. The fourth-order valence-electron chi connectivity index (χ4n) is 7.03. The van der Waals surface area contributed by atoms with Gasteiger partial charge in [0, 0.05) is 56.2 Å². The third-order valence-corrected chi connectivity index (χ3v) is 10.4. The summed E-state index contributed by atoms with van der Waals surface area (Å²) >= 11 is 3.38. The number of aryl methyl sites for hydroxylation is 1. The number of amides is 3. The molecule has 3 N–H and O–H groups in total. The Bertz CT molecular complexity index is 1800. The number of ether oxygens (including phenoxy) is 1. The number of hydrogen-bond acceptors (Lipinski definition) is 5. The van der Waals surface area contributed by atoms with E-state index in [1.165, 1.54) is 18.2 Å². The highest BCUT2D eigenvalue weighted by atomic mass is 79.9. The minimum Gasteiger partial charge on any atom is -0.492 e. The molecule has 8 nitrogen and oxygen atoms in total. The van der Waals surface area contributed by atoms with Crippen LogP contribution >= 0.6 is 15.9 Å². The summed E-state index contributed by atoms with van der Waals surface area (Å²) < 4.78 is 48.7. The van der Waals surface area contributed by atoms with Gasteiger partial charge in [-0.15, -0.1) is 0 Å². The first kappa shape index (κ1) is 36.6. The van der Waals surface area contributed by atoms with Crippen LogP contribution in [-0.4, -0.2) is 71.9 Å². The highest BCUT2D eigenvalue weighted by Gasteiger charge is 2.43.